The van der Waals surface area contributed by atoms with Crippen LogP contribution in [0.1, 0.15) is 31.4 Å². The average Bonchev–Trinajstić information content (AvgIpc) is 2.66. The van der Waals surface area contributed by atoms with E-state index in [1.165, 1.54) is 0 Å². The van der Waals surface area contributed by atoms with E-state index in [2.05, 4.69) is 4.90 Å². The number of hydrogen-bond donors (Lipinski definition) is 0. The number of carbonyl (C=O) groups is 1. The Hall–Kier alpha value is -1.44. The molecule has 2 aliphatic rings. The number of fused-ring (bicyclic) bond motifs is 1. The van der Waals surface area contributed by atoms with Crippen molar-refractivity contribution in [3.05, 3.63) is 29.3 Å². The van der Waals surface area contributed by atoms with Crippen LogP contribution in [0.25, 0.3) is 0 Å². The van der Waals surface area contributed by atoms with E-state index in [0.717, 1.165) is 30.6 Å². The highest BCUT2D eigenvalue weighted by Crippen LogP contribution is 2.29. The molecule has 3 rings (SSSR count). The summed E-state index contributed by atoms with van der Waals surface area (Å²) in [6.45, 7) is 7.50. The van der Waals surface area contributed by atoms with Gasteiger partial charge in [-0.3, -0.25) is 4.79 Å². The van der Waals surface area contributed by atoms with Crippen LogP contribution in [0.3, 0.4) is 0 Å². The largest absolute Gasteiger partial charge is 0.338 e. The van der Waals surface area contributed by atoms with Gasteiger partial charge < -0.3 is 9.80 Å². The van der Waals surface area contributed by atoms with Crippen LogP contribution in [0.4, 0.5) is 0 Å². The van der Waals surface area contributed by atoms with Crippen LogP contribution >= 0.6 is 0 Å². The molecule has 6 nitrogen and oxygen atoms in total. The summed E-state index contributed by atoms with van der Waals surface area (Å²) in [6, 6.07) is 5.51. The van der Waals surface area contributed by atoms with Crippen molar-refractivity contribution in [2.75, 3.05) is 39.8 Å². The van der Waals surface area contributed by atoms with Gasteiger partial charge in [0.25, 0.3) is 0 Å². The van der Waals surface area contributed by atoms with Crippen LogP contribution in [-0.2, 0) is 27.8 Å². The molecule has 1 amide bonds. The number of carbonyl (C=O) groups excluding carboxylic acids is 1. The average molecular weight is 380 g/mol. The van der Waals surface area contributed by atoms with Gasteiger partial charge in [0.05, 0.1) is 4.90 Å². The Bertz CT molecular complexity index is 770. The highest BCUT2D eigenvalue weighted by atomic mass is 32.2. The van der Waals surface area contributed by atoms with Crippen LogP contribution in [0.5, 0.6) is 0 Å². The highest BCUT2D eigenvalue weighted by Gasteiger charge is 2.33. The van der Waals surface area contributed by atoms with Crippen molar-refractivity contribution in [3.63, 3.8) is 0 Å². The molecule has 2 heterocycles. The smallest absolute Gasteiger partial charge is 0.243 e. The van der Waals surface area contributed by atoms with Crippen molar-refractivity contribution in [3.8, 4) is 0 Å². The van der Waals surface area contributed by atoms with Gasteiger partial charge in [-0.1, -0.05) is 26.0 Å². The predicted octanol–water partition coefficient (Wildman–Crippen LogP) is 1.55. The van der Waals surface area contributed by atoms with E-state index in [4.69, 9.17) is 0 Å². The molecule has 0 saturated carbocycles. The van der Waals surface area contributed by atoms with Gasteiger partial charge in [0.1, 0.15) is 0 Å². The normalized spacial score (nSPS) is 20.7. The topological polar surface area (TPSA) is 60.9 Å². The van der Waals surface area contributed by atoms with E-state index >= 15 is 0 Å². The Morgan fingerprint density at radius 2 is 1.85 bits per heavy atom. The van der Waals surface area contributed by atoms with Gasteiger partial charge in [-0.15, -0.1) is 0 Å². The van der Waals surface area contributed by atoms with Gasteiger partial charge in [0.2, 0.25) is 15.9 Å². The van der Waals surface area contributed by atoms with Crippen LogP contribution in [0.15, 0.2) is 23.1 Å². The fraction of sp³-hybridized carbons (Fsp3) is 0.632. The molecule has 2 aliphatic heterocycles. The summed E-state index contributed by atoms with van der Waals surface area (Å²) in [7, 11) is -1.53. The van der Waals surface area contributed by atoms with Crippen LogP contribution in [0, 0.1) is 5.92 Å². The molecule has 1 aromatic rings. The van der Waals surface area contributed by atoms with Gasteiger partial charge in [-0.25, -0.2) is 8.42 Å². The summed E-state index contributed by atoms with van der Waals surface area (Å²) >= 11 is 0. The van der Waals surface area contributed by atoms with Crippen molar-refractivity contribution in [1.82, 2.24) is 14.1 Å². The molecule has 1 fully saturated rings. The third-order valence-corrected chi connectivity index (χ3v) is 7.64. The van der Waals surface area contributed by atoms with E-state index in [1.54, 1.807) is 10.4 Å². The number of amides is 1. The van der Waals surface area contributed by atoms with Gasteiger partial charge in [0, 0.05) is 45.2 Å². The first-order valence-corrected chi connectivity index (χ1v) is 10.9. The second kappa shape index (κ2) is 7.66. The van der Waals surface area contributed by atoms with E-state index in [1.807, 2.05) is 37.9 Å². The van der Waals surface area contributed by atoms with Gasteiger partial charge in [-0.05, 0) is 37.1 Å². The zero-order valence-corrected chi connectivity index (χ0v) is 16.8. The number of benzene rings is 1. The lowest BCUT2D eigenvalue weighted by Gasteiger charge is -2.35. The Kier molecular flexibility index (Phi) is 5.69. The monoisotopic (exact) mass is 379 g/mol. The lowest BCUT2D eigenvalue weighted by molar-refractivity contribution is -0.136. The number of hydrogen-bond acceptors (Lipinski definition) is 4. The maximum atomic E-state index is 13.2. The van der Waals surface area contributed by atoms with Crippen molar-refractivity contribution in [1.29, 1.82) is 0 Å². The first-order chi connectivity index (χ1) is 12.3. The fourth-order valence-electron chi connectivity index (χ4n) is 3.63. The molecule has 144 valence electrons. The molecular formula is C19H29N3O3S. The lowest BCUT2D eigenvalue weighted by atomic mass is 9.98. The zero-order valence-electron chi connectivity index (χ0n) is 15.9. The summed E-state index contributed by atoms with van der Waals surface area (Å²) in [4.78, 5) is 16.9. The van der Waals surface area contributed by atoms with Crippen molar-refractivity contribution in [2.45, 2.75) is 38.1 Å². The third-order valence-electron chi connectivity index (χ3n) is 5.66. The summed E-state index contributed by atoms with van der Waals surface area (Å²) in [5.41, 5.74) is 1.85. The Balaban J connectivity index is 1.90. The zero-order chi connectivity index (χ0) is 18.9. The number of piperazine rings is 1. The third kappa shape index (κ3) is 3.66. The van der Waals surface area contributed by atoms with Crippen LogP contribution < -0.4 is 0 Å². The van der Waals surface area contributed by atoms with E-state index in [0.29, 0.717) is 37.5 Å². The van der Waals surface area contributed by atoms with Gasteiger partial charge >= 0.3 is 0 Å². The van der Waals surface area contributed by atoms with E-state index < -0.39 is 10.0 Å². The minimum absolute atomic E-state index is 0.0297. The Labute approximate surface area is 156 Å². The molecule has 1 saturated heterocycles. The van der Waals surface area contributed by atoms with Gasteiger partial charge in [-0.2, -0.15) is 4.31 Å². The Morgan fingerprint density at radius 1 is 1.15 bits per heavy atom. The quantitative estimate of drug-likeness (QED) is 0.796. The minimum atomic E-state index is -3.53. The van der Waals surface area contributed by atoms with Crippen LogP contribution in [0.2, 0.25) is 0 Å². The summed E-state index contributed by atoms with van der Waals surface area (Å²) in [5.74, 6) is 0.0860. The molecule has 0 bridgehead atoms. The first kappa shape index (κ1) is 19.3. The molecule has 1 atom stereocenters. The molecule has 26 heavy (non-hydrogen) atoms. The molecular weight excluding hydrogens is 350 g/mol. The van der Waals surface area contributed by atoms with E-state index in [-0.39, 0.29) is 11.8 Å². The molecule has 0 radical (unpaired) electrons. The summed E-state index contributed by atoms with van der Waals surface area (Å²) < 4.78 is 28.1. The number of nitrogens with zero attached hydrogens (tertiary/aromatic N) is 3. The molecule has 0 spiro atoms. The SMILES string of the molecule is CC[C@H](C)C(=O)N1CCc2cccc(S(=O)(=O)N3CCN(C)CC3)c2C1. The van der Waals surface area contributed by atoms with Gasteiger partial charge in [0.15, 0.2) is 0 Å². The first-order valence-electron chi connectivity index (χ1n) is 9.42. The van der Waals surface area contributed by atoms with Crippen molar-refractivity contribution in [2.24, 2.45) is 5.92 Å². The van der Waals surface area contributed by atoms with Crippen molar-refractivity contribution >= 4 is 15.9 Å². The molecule has 1 aromatic carbocycles. The molecule has 0 aromatic heterocycles. The summed E-state index contributed by atoms with van der Waals surface area (Å²) in [6.07, 6.45) is 1.51. The second-order valence-electron chi connectivity index (χ2n) is 7.42. The van der Waals surface area contributed by atoms with E-state index in [9.17, 15) is 13.2 Å². The second-order valence-corrected chi connectivity index (χ2v) is 9.33. The standard InChI is InChI=1S/C19H29N3O3S/c1-4-15(2)19(23)21-9-8-16-6-5-7-18(17(16)14-21)26(24,25)22-12-10-20(3)11-13-22/h5-7,15H,4,8-14H2,1-3H3/t15-/m0/s1. The highest BCUT2D eigenvalue weighted by molar-refractivity contribution is 7.89. The molecule has 0 aliphatic carbocycles. The maximum absolute atomic E-state index is 13.2. The summed E-state index contributed by atoms with van der Waals surface area (Å²) in [5, 5.41) is 0. The lowest BCUT2D eigenvalue weighted by Crippen LogP contribution is -2.47. The number of sulfonamides is 1. The molecule has 0 N–H and O–H groups in total. The molecule has 0 unspecified atom stereocenters. The van der Waals surface area contributed by atoms with Crippen molar-refractivity contribution < 1.29 is 13.2 Å². The number of likely N-dealkylation sites (N-methyl/N-ethyl adjacent to an activating group) is 1. The molecule has 7 heteroatoms. The number of rotatable bonds is 4. The predicted molar refractivity (Wildman–Crippen MR) is 101 cm³/mol. The van der Waals surface area contributed by atoms with Crippen LogP contribution in [-0.4, -0.2) is 68.2 Å². The fourth-order valence-corrected chi connectivity index (χ4v) is 5.31. The Morgan fingerprint density at radius 3 is 2.50 bits per heavy atom. The maximum Gasteiger partial charge on any atom is 0.243 e. The minimum Gasteiger partial charge on any atom is -0.338 e.